The molecule has 0 spiro atoms. The number of rotatable bonds is 4. The van der Waals surface area contributed by atoms with Gasteiger partial charge in [0, 0.05) is 34.1 Å². The first kappa shape index (κ1) is 20.9. The van der Waals surface area contributed by atoms with Crippen molar-refractivity contribution in [2.75, 3.05) is 13.7 Å². The van der Waals surface area contributed by atoms with Gasteiger partial charge in [0.2, 0.25) is 0 Å². The van der Waals surface area contributed by atoms with Crippen molar-refractivity contribution >= 4 is 16.8 Å². The number of ether oxygens (including phenoxy) is 2. The highest BCUT2D eigenvalue weighted by Crippen LogP contribution is 2.47. The van der Waals surface area contributed by atoms with Crippen molar-refractivity contribution in [2.45, 2.75) is 64.5 Å². The molecule has 5 rings (SSSR count). The molecule has 0 radical (unpaired) electrons. The zero-order chi connectivity index (χ0) is 22.2. The van der Waals surface area contributed by atoms with Gasteiger partial charge in [-0.25, -0.2) is 0 Å². The van der Waals surface area contributed by atoms with Crippen LogP contribution in [0.1, 0.15) is 67.8 Å². The number of nitrogens with zero attached hydrogens (tertiary/aromatic N) is 1. The van der Waals surface area contributed by atoms with E-state index in [1.54, 1.807) is 7.11 Å². The molecule has 1 fully saturated rings. The third-order valence-corrected chi connectivity index (χ3v) is 6.82. The Balaban J connectivity index is 1.74. The summed E-state index contributed by atoms with van der Waals surface area (Å²) in [5.74, 6) is 2.19. The second kappa shape index (κ2) is 8.53. The summed E-state index contributed by atoms with van der Waals surface area (Å²) in [6.07, 6.45) is 6.30. The van der Waals surface area contributed by atoms with Gasteiger partial charge in [-0.1, -0.05) is 25.3 Å². The first-order chi connectivity index (χ1) is 15.6. The summed E-state index contributed by atoms with van der Waals surface area (Å²) in [4.78, 5) is 12.8. The van der Waals surface area contributed by atoms with Crippen LogP contribution >= 0.6 is 0 Å². The minimum absolute atomic E-state index is 0.0216. The Labute approximate surface area is 189 Å². The van der Waals surface area contributed by atoms with E-state index < -0.39 is 0 Å². The van der Waals surface area contributed by atoms with Gasteiger partial charge in [0.25, 0.3) is 5.91 Å². The van der Waals surface area contributed by atoms with Crippen molar-refractivity contribution in [1.29, 1.82) is 0 Å². The highest BCUT2D eigenvalue weighted by molar-refractivity contribution is 6.01. The molecular weight excluding hydrogens is 400 g/mol. The van der Waals surface area contributed by atoms with Crippen LogP contribution in [0.3, 0.4) is 0 Å². The summed E-state index contributed by atoms with van der Waals surface area (Å²) in [6, 6.07) is 12.5. The van der Waals surface area contributed by atoms with Crippen LogP contribution in [-0.2, 0) is 6.54 Å². The summed E-state index contributed by atoms with van der Waals surface area (Å²) in [5.41, 5.74) is 5.63. The number of methoxy groups -OCH3 is 1. The highest BCUT2D eigenvalue weighted by atomic mass is 16.5. The lowest BCUT2D eigenvalue weighted by Gasteiger charge is -2.23. The summed E-state index contributed by atoms with van der Waals surface area (Å²) in [7, 11) is 1.69. The number of nitrogens with one attached hydrogen (secondary N) is 1. The summed E-state index contributed by atoms with van der Waals surface area (Å²) in [5, 5.41) is 4.30. The number of carbonyl (C=O) groups excluding carboxylic acids is 1. The highest BCUT2D eigenvalue weighted by Gasteiger charge is 2.29. The molecule has 0 unspecified atom stereocenters. The second-order valence-electron chi connectivity index (χ2n) is 9.32. The maximum atomic E-state index is 12.8. The first-order valence-corrected chi connectivity index (χ1v) is 11.8. The van der Waals surface area contributed by atoms with Crippen molar-refractivity contribution in [3.63, 3.8) is 0 Å². The molecule has 5 nitrogen and oxygen atoms in total. The number of carbonyl (C=O) groups is 1. The van der Waals surface area contributed by atoms with Gasteiger partial charge in [-0.2, -0.15) is 0 Å². The molecule has 1 N–H and O–H groups in total. The molecule has 5 heteroatoms. The molecule has 1 amide bonds. The Morgan fingerprint density at radius 3 is 2.69 bits per heavy atom. The first-order valence-electron chi connectivity index (χ1n) is 11.8. The van der Waals surface area contributed by atoms with E-state index in [0.29, 0.717) is 18.1 Å². The van der Waals surface area contributed by atoms with Crippen LogP contribution in [0, 0.1) is 0 Å². The number of hydrogen-bond donors (Lipinski definition) is 1. The quantitative estimate of drug-likeness (QED) is 0.559. The van der Waals surface area contributed by atoms with Crippen molar-refractivity contribution < 1.29 is 14.3 Å². The van der Waals surface area contributed by atoms with Gasteiger partial charge < -0.3 is 19.4 Å². The summed E-state index contributed by atoms with van der Waals surface area (Å²) in [6.45, 7) is 5.32. The Kier molecular flexibility index (Phi) is 5.58. The smallest absolute Gasteiger partial charge is 0.251 e. The van der Waals surface area contributed by atoms with Crippen LogP contribution in [0.5, 0.6) is 11.5 Å². The van der Waals surface area contributed by atoms with Gasteiger partial charge in [0.15, 0.2) is 0 Å². The molecule has 0 bridgehead atoms. The lowest BCUT2D eigenvalue weighted by Crippen LogP contribution is -2.30. The predicted molar refractivity (Wildman–Crippen MR) is 128 cm³/mol. The number of fused-ring (bicyclic) bond motifs is 5. The number of amides is 1. The molecule has 2 aliphatic rings. The molecule has 0 saturated heterocycles. The molecule has 0 atom stereocenters. The third kappa shape index (κ3) is 3.64. The SMILES string of the molecule is COc1ccc2c(c1)OCCn1c-2c(C2CCCCC2)c2ccc(C(=O)NC(C)C)cc21. The van der Waals surface area contributed by atoms with Crippen molar-refractivity contribution in [3.05, 3.63) is 47.5 Å². The molecule has 168 valence electrons. The lowest BCUT2D eigenvalue weighted by atomic mass is 9.81. The Morgan fingerprint density at radius 2 is 1.94 bits per heavy atom. The van der Waals surface area contributed by atoms with Gasteiger partial charge in [-0.15, -0.1) is 0 Å². The van der Waals surface area contributed by atoms with Crippen molar-refractivity contribution in [2.24, 2.45) is 0 Å². The standard InChI is InChI=1S/C27H32N2O3/c1-17(2)28-27(30)19-9-11-21-23(15-19)29-13-14-32-24-16-20(31-3)10-12-22(24)26(29)25(21)18-7-5-4-6-8-18/h9-12,15-18H,4-8,13-14H2,1-3H3,(H,28,30). The van der Waals surface area contributed by atoms with E-state index in [1.165, 1.54) is 48.7 Å². The molecule has 2 heterocycles. The van der Waals surface area contributed by atoms with Crippen LogP contribution in [0.4, 0.5) is 0 Å². The zero-order valence-electron chi connectivity index (χ0n) is 19.2. The Hall–Kier alpha value is -2.95. The van der Waals surface area contributed by atoms with Crippen molar-refractivity contribution in [1.82, 2.24) is 9.88 Å². The normalized spacial score (nSPS) is 16.2. The summed E-state index contributed by atoms with van der Waals surface area (Å²) >= 11 is 0. The lowest BCUT2D eigenvalue weighted by molar-refractivity contribution is 0.0943. The maximum Gasteiger partial charge on any atom is 0.251 e. The maximum absolute atomic E-state index is 12.8. The molecular formula is C27H32N2O3. The topological polar surface area (TPSA) is 52.5 Å². The van der Waals surface area contributed by atoms with Crippen LogP contribution in [0.25, 0.3) is 22.2 Å². The largest absolute Gasteiger partial charge is 0.497 e. The zero-order valence-corrected chi connectivity index (χ0v) is 19.2. The van der Waals surface area contributed by atoms with Gasteiger partial charge >= 0.3 is 0 Å². The number of aromatic nitrogens is 1. The van der Waals surface area contributed by atoms with Gasteiger partial charge in [-0.05, 0) is 62.4 Å². The molecule has 1 saturated carbocycles. The number of hydrogen-bond acceptors (Lipinski definition) is 3. The monoisotopic (exact) mass is 432 g/mol. The van der Waals surface area contributed by atoms with Crippen molar-refractivity contribution in [3.8, 4) is 22.8 Å². The van der Waals surface area contributed by atoms with Crippen LogP contribution in [0.2, 0.25) is 0 Å². The molecule has 1 aromatic heterocycles. The van der Waals surface area contributed by atoms with Crippen LogP contribution in [0.15, 0.2) is 36.4 Å². The van der Waals surface area contributed by atoms with E-state index in [9.17, 15) is 4.79 Å². The number of benzene rings is 2. The molecule has 2 aromatic carbocycles. The van der Waals surface area contributed by atoms with Gasteiger partial charge in [0.1, 0.15) is 18.1 Å². The fraction of sp³-hybridized carbons (Fsp3) is 0.444. The van der Waals surface area contributed by atoms with E-state index in [4.69, 9.17) is 9.47 Å². The van der Waals surface area contributed by atoms with Gasteiger partial charge in [-0.3, -0.25) is 4.79 Å². The average Bonchev–Trinajstić information content (AvgIpc) is 3.00. The van der Waals surface area contributed by atoms with Crippen LogP contribution < -0.4 is 14.8 Å². The molecule has 32 heavy (non-hydrogen) atoms. The Bertz CT molecular complexity index is 1160. The summed E-state index contributed by atoms with van der Waals surface area (Å²) < 4.78 is 14.0. The van der Waals surface area contributed by atoms with E-state index in [0.717, 1.165) is 29.1 Å². The Morgan fingerprint density at radius 1 is 1.12 bits per heavy atom. The van der Waals surface area contributed by atoms with E-state index >= 15 is 0 Å². The fourth-order valence-corrected chi connectivity index (χ4v) is 5.38. The minimum Gasteiger partial charge on any atom is -0.497 e. The van der Waals surface area contributed by atoms with E-state index in [1.807, 2.05) is 32.0 Å². The minimum atomic E-state index is -0.0216. The predicted octanol–water partition coefficient (Wildman–Crippen LogP) is 5.90. The fourth-order valence-electron chi connectivity index (χ4n) is 5.38. The third-order valence-electron chi connectivity index (χ3n) is 6.82. The van der Waals surface area contributed by atoms with E-state index in [-0.39, 0.29) is 11.9 Å². The van der Waals surface area contributed by atoms with Crippen LogP contribution in [-0.4, -0.2) is 30.2 Å². The van der Waals surface area contributed by atoms with E-state index in [2.05, 4.69) is 28.1 Å². The average molecular weight is 433 g/mol. The molecule has 1 aliphatic carbocycles. The second-order valence-corrected chi connectivity index (χ2v) is 9.32. The van der Waals surface area contributed by atoms with Gasteiger partial charge in [0.05, 0.1) is 19.3 Å². The molecule has 1 aliphatic heterocycles. The molecule has 3 aromatic rings.